The third-order valence-corrected chi connectivity index (χ3v) is 4.80. The van der Waals surface area contributed by atoms with E-state index in [4.69, 9.17) is 5.73 Å². The summed E-state index contributed by atoms with van der Waals surface area (Å²) in [6.45, 7) is 3.10. The topological polar surface area (TPSA) is 29.3 Å². The number of para-hydroxylation sites is 1. The molecule has 18 heavy (non-hydrogen) atoms. The molecule has 1 saturated carbocycles. The second kappa shape index (κ2) is 4.93. The standard InChI is InChI=1S/C16H24N2/c1-12(11-17)16-10-13-6-2-5-9-15(13)18(16)14-7-3-4-8-14/h2,5-6,9,12,14,16H,3-4,7-8,10-11,17H2,1H3. The van der Waals surface area contributed by atoms with Crippen LogP contribution in [-0.2, 0) is 6.42 Å². The first-order valence-corrected chi connectivity index (χ1v) is 7.37. The van der Waals surface area contributed by atoms with Crippen LogP contribution < -0.4 is 10.6 Å². The van der Waals surface area contributed by atoms with Gasteiger partial charge < -0.3 is 10.6 Å². The fraction of sp³-hybridized carbons (Fsp3) is 0.625. The molecule has 2 heteroatoms. The molecule has 0 spiro atoms. The van der Waals surface area contributed by atoms with E-state index < -0.39 is 0 Å². The Morgan fingerprint density at radius 3 is 2.72 bits per heavy atom. The Morgan fingerprint density at radius 2 is 2.00 bits per heavy atom. The zero-order valence-corrected chi connectivity index (χ0v) is 11.3. The number of hydrogen-bond acceptors (Lipinski definition) is 2. The molecule has 2 N–H and O–H groups in total. The molecule has 1 fully saturated rings. The van der Waals surface area contributed by atoms with Gasteiger partial charge in [0.25, 0.3) is 0 Å². The van der Waals surface area contributed by atoms with Crippen molar-refractivity contribution >= 4 is 5.69 Å². The highest BCUT2D eigenvalue weighted by atomic mass is 15.2. The number of fused-ring (bicyclic) bond motifs is 1. The average Bonchev–Trinajstić information content (AvgIpc) is 3.03. The van der Waals surface area contributed by atoms with E-state index in [-0.39, 0.29) is 0 Å². The highest BCUT2D eigenvalue weighted by molar-refractivity contribution is 5.60. The Balaban J connectivity index is 1.93. The van der Waals surface area contributed by atoms with Gasteiger partial charge in [0.1, 0.15) is 0 Å². The SMILES string of the molecule is CC(CN)C1Cc2ccccc2N1C1CCCC1. The summed E-state index contributed by atoms with van der Waals surface area (Å²) in [5.41, 5.74) is 8.93. The molecular weight excluding hydrogens is 220 g/mol. The van der Waals surface area contributed by atoms with Gasteiger partial charge in [-0.15, -0.1) is 0 Å². The lowest BCUT2D eigenvalue weighted by Crippen LogP contribution is -2.45. The molecular formula is C16H24N2. The minimum Gasteiger partial charge on any atom is -0.365 e. The van der Waals surface area contributed by atoms with E-state index in [1.807, 2.05) is 0 Å². The summed E-state index contributed by atoms with van der Waals surface area (Å²) in [5.74, 6) is 0.581. The van der Waals surface area contributed by atoms with E-state index >= 15 is 0 Å². The second-order valence-electron chi connectivity index (χ2n) is 5.96. The lowest BCUT2D eigenvalue weighted by Gasteiger charge is -2.36. The molecule has 0 bridgehead atoms. The maximum Gasteiger partial charge on any atom is 0.0404 e. The quantitative estimate of drug-likeness (QED) is 0.885. The van der Waals surface area contributed by atoms with Crippen molar-refractivity contribution in [2.45, 2.75) is 51.1 Å². The fourth-order valence-electron chi connectivity index (χ4n) is 3.72. The van der Waals surface area contributed by atoms with Gasteiger partial charge in [0.2, 0.25) is 0 Å². The minimum atomic E-state index is 0.581. The van der Waals surface area contributed by atoms with E-state index in [1.54, 1.807) is 0 Å². The number of nitrogens with zero attached hydrogens (tertiary/aromatic N) is 1. The molecule has 0 amide bonds. The minimum absolute atomic E-state index is 0.581. The Morgan fingerprint density at radius 1 is 1.28 bits per heavy atom. The van der Waals surface area contributed by atoms with Crippen LogP contribution in [0, 0.1) is 5.92 Å². The van der Waals surface area contributed by atoms with Crippen LogP contribution in [0.1, 0.15) is 38.2 Å². The van der Waals surface area contributed by atoms with Crippen molar-refractivity contribution in [2.75, 3.05) is 11.4 Å². The Labute approximate surface area is 110 Å². The van der Waals surface area contributed by atoms with Crippen LogP contribution in [0.3, 0.4) is 0 Å². The van der Waals surface area contributed by atoms with E-state index in [9.17, 15) is 0 Å². The van der Waals surface area contributed by atoms with Gasteiger partial charge in [-0.3, -0.25) is 0 Å². The largest absolute Gasteiger partial charge is 0.365 e. The summed E-state index contributed by atoms with van der Waals surface area (Å²) in [6, 6.07) is 10.3. The van der Waals surface area contributed by atoms with Gasteiger partial charge in [0.05, 0.1) is 0 Å². The van der Waals surface area contributed by atoms with Crippen molar-refractivity contribution in [1.82, 2.24) is 0 Å². The number of benzene rings is 1. The van der Waals surface area contributed by atoms with Gasteiger partial charge in [-0.25, -0.2) is 0 Å². The monoisotopic (exact) mass is 244 g/mol. The van der Waals surface area contributed by atoms with Crippen molar-refractivity contribution in [3.8, 4) is 0 Å². The molecule has 0 radical (unpaired) electrons. The molecule has 3 rings (SSSR count). The maximum atomic E-state index is 5.92. The van der Waals surface area contributed by atoms with Crippen LogP contribution in [0.4, 0.5) is 5.69 Å². The van der Waals surface area contributed by atoms with Crippen LogP contribution in [0.15, 0.2) is 24.3 Å². The number of rotatable bonds is 3. The first kappa shape index (κ1) is 12.0. The van der Waals surface area contributed by atoms with Crippen molar-refractivity contribution in [3.05, 3.63) is 29.8 Å². The molecule has 98 valence electrons. The van der Waals surface area contributed by atoms with Crippen molar-refractivity contribution in [1.29, 1.82) is 0 Å². The Kier molecular flexibility index (Phi) is 3.29. The predicted octanol–water partition coefficient (Wildman–Crippen LogP) is 2.96. The maximum absolute atomic E-state index is 5.92. The molecule has 2 aliphatic rings. The van der Waals surface area contributed by atoms with Gasteiger partial charge in [-0.05, 0) is 43.4 Å². The third kappa shape index (κ3) is 1.93. The summed E-state index contributed by atoms with van der Waals surface area (Å²) in [5, 5.41) is 0. The van der Waals surface area contributed by atoms with Crippen LogP contribution >= 0.6 is 0 Å². The number of anilines is 1. The molecule has 2 atom stereocenters. The third-order valence-electron chi connectivity index (χ3n) is 4.80. The van der Waals surface area contributed by atoms with E-state index in [2.05, 4.69) is 36.1 Å². The van der Waals surface area contributed by atoms with E-state index in [0.29, 0.717) is 12.0 Å². The predicted molar refractivity (Wildman–Crippen MR) is 76.9 cm³/mol. The lowest BCUT2D eigenvalue weighted by atomic mass is 9.97. The molecule has 2 nitrogen and oxygen atoms in total. The molecule has 1 aliphatic carbocycles. The van der Waals surface area contributed by atoms with E-state index in [1.165, 1.54) is 43.4 Å². The van der Waals surface area contributed by atoms with Crippen molar-refractivity contribution in [2.24, 2.45) is 11.7 Å². The van der Waals surface area contributed by atoms with Gasteiger partial charge >= 0.3 is 0 Å². The summed E-state index contributed by atoms with van der Waals surface area (Å²) < 4.78 is 0. The van der Waals surface area contributed by atoms with Gasteiger partial charge in [-0.1, -0.05) is 38.0 Å². The number of nitrogens with two attached hydrogens (primary N) is 1. The second-order valence-corrected chi connectivity index (χ2v) is 5.96. The van der Waals surface area contributed by atoms with Crippen molar-refractivity contribution in [3.63, 3.8) is 0 Å². The lowest BCUT2D eigenvalue weighted by molar-refractivity contribution is 0.413. The van der Waals surface area contributed by atoms with Crippen LogP contribution in [0.5, 0.6) is 0 Å². The molecule has 1 aromatic carbocycles. The summed E-state index contributed by atoms with van der Waals surface area (Å²) in [4.78, 5) is 2.71. The highest BCUT2D eigenvalue weighted by Crippen LogP contribution is 2.40. The van der Waals surface area contributed by atoms with Gasteiger partial charge in [0, 0.05) is 17.8 Å². The summed E-state index contributed by atoms with van der Waals surface area (Å²) in [6.07, 6.45) is 6.70. The Bertz CT molecular complexity index is 409. The molecule has 0 saturated heterocycles. The smallest absolute Gasteiger partial charge is 0.0404 e. The molecule has 1 aliphatic heterocycles. The van der Waals surface area contributed by atoms with Gasteiger partial charge in [0.15, 0.2) is 0 Å². The normalized spacial score (nSPS) is 25.4. The molecule has 1 aromatic rings. The van der Waals surface area contributed by atoms with E-state index in [0.717, 1.165) is 12.6 Å². The Hall–Kier alpha value is -1.02. The molecule has 0 aromatic heterocycles. The molecule has 2 unspecified atom stereocenters. The first-order chi connectivity index (χ1) is 8.81. The fourth-order valence-corrected chi connectivity index (χ4v) is 3.72. The average molecular weight is 244 g/mol. The van der Waals surface area contributed by atoms with Crippen molar-refractivity contribution < 1.29 is 0 Å². The first-order valence-electron chi connectivity index (χ1n) is 7.37. The van der Waals surface area contributed by atoms with Gasteiger partial charge in [-0.2, -0.15) is 0 Å². The van der Waals surface area contributed by atoms with Crippen LogP contribution in [-0.4, -0.2) is 18.6 Å². The summed E-state index contributed by atoms with van der Waals surface area (Å²) in [7, 11) is 0. The van der Waals surface area contributed by atoms with Crippen LogP contribution in [0.2, 0.25) is 0 Å². The zero-order valence-electron chi connectivity index (χ0n) is 11.3. The highest BCUT2D eigenvalue weighted by Gasteiger charge is 2.37. The summed E-state index contributed by atoms with van der Waals surface area (Å²) >= 11 is 0. The zero-order chi connectivity index (χ0) is 12.5. The molecule has 1 heterocycles. The number of hydrogen-bond donors (Lipinski definition) is 1. The van der Waals surface area contributed by atoms with Crippen LogP contribution in [0.25, 0.3) is 0 Å².